The molecule has 3 aromatic carbocycles. The number of hydrogen-bond acceptors (Lipinski definition) is 9. The number of amides is 3. The molecule has 0 spiro atoms. The number of aliphatic carboxylic acids is 1. The highest BCUT2D eigenvalue weighted by Gasteiger charge is 2.29. The number of carbonyl (C=O) groups is 4. The summed E-state index contributed by atoms with van der Waals surface area (Å²) in [4.78, 5) is 60.2. The maximum absolute atomic E-state index is 13.6. The van der Waals surface area contributed by atoms with Crippen LogP contribution >= 0.6 is 0 Å². The quantitative estimate of drug-likeness (QED) is 0.0841. The third-order valence-corrected chi connectivity index (χ3v) is 9.54. The van der Waals surface area contributed by atoms with Crippen LogP contribution in [0.2, 0.25) is 0 Å². The minimum absolute atomic E-state index is 0.0435. The number of nitrogens with zero attached hydrogens (tertiary/aromatic N) is 2. The summed E-state index contributed by atoms with van der Waals surface area (Å²) in [6.07, 6.45) is 9.20. The minimum atomic E-state index is -3.96. The smallest absolute Gasteiger partial charge is 0.326 e. The number of nitrogens with one attached hydrogen (secondary N) is 3. The zero-order valence-corrected chi connectivity index (χ0v) is 33.3. The van der Waals surface area contributed by atoms with Crippen molar-refractivity contribution in [2.45, 2.75) is 90.1 Å². The number of aromatic nitrogens is 2. The zero-order chi connectivity index (χ0) is 40.9. The first kappa shape index (κ1) is 43.1. The fourth-order valence-corrected chi connectivity index (χ4v) is 6.27. The summed E-state index contributed by atoms with van der Waals surface area (Å²) in [6.45, 7) is 9.00. The average Bonchev–Trinajstić information content (AvgIpc) is 3.15. The Balaban J connectivity index is 1.46. The molecule has 2 atom stereocenters. The highest BCUT2D eigenvalue weighted by molar-refractivity contribution is 7.89. The van der Waals surface area contributed by atoms with Gasteiger partial charge in [0.1, 0.15) is 17.8 Å². The highest BCUT2D eigenvalue weighted by atomic mass is 32.2. The number of hydrogen-bond donors (Lipinski definition) is 4. The van der Waals surface area contributed by atoms with Gasteiger partial charge in [0.2, 0.25) is 21.8 Å². The first-order valence-corrected chi connectivity index (χ1v) is 20.5. The molecule has 0 aliphatic rings. The third-order valence-electron chi connectivity index (χ3n) is 8.95. The lowest BCUT2D eigenvalue weighted by Gasteiger charge is -2.22. The number of benzene rings is 3. The van der Waals surface area contributed by atoms with E-state index >= 15 is 0 Å². The number of ether oxygens (including phenoxy) is 1. The molecule has 0 fully saturated rings. The van der Waals surface area contributed by atoms with Crippen molar-refractivity contribution in [3.8, 4) is 28.3 Å². The molecular formula is C42H51N5O8S. The molecule has 0 bridgehead atoms. The molecule has 0 aliphatic carbocycles. The Kier molecular flexibility index (Phi) is 15.2. The maximum Gasteiger partial charge on any atom is 0.326 e. The fraction of sp³-hybridized carbons (Fsp3) is 0.381. The summed E-state index contributed by atoms with van der Waals surface area (Å²) in [5, 5.41) is 14.7. The van der Waals surface area contributed by atoms with Gasteiger partial charge in [-0.2, -0.15) is 0 Å². The molecule has 298 valence electrons. The molecule has 56 heavy (non-hydrogen) atoms. The largest absolute Gasteiger partial charge is 0.494 e. The monoisotopic (exact) mass is 785 g/mol. The Hall–Kier alpha value is -5.63. The Labute approximate surface area is 328 Å². The van der Waals surface area contributed by atoms with Gasteiger partial charge in [-0.25, -0.2) is 23.2 Å². The fourth-order valence-electron chi connectivity index (χ4n) is 5.77. The van der Waals surface area contributed by atoms with Crippen molar-refractivity contribution in [1.29, 1.82) is 0 Å². The number of sulfonamides is 1. The van der Waals surface area contributed by atoms with Crippen LogP contribution in [0.15, 0.2) is 85.2 Å². The van der Waals surface area contributed by atoms with Crippen LogP contribution in [0.25, 0.3) is 22.5 Å². The van der Waals surface area contributed by atoms with Crippen molar-refractivity contribution in [2.24, 2.45) is 0 Å². The van der Waals surface area contributed by atoms with Crippen LogP contribution in [-0.4, -0.2) is 72.1 Å². The van der Waals surface area contributed by atoms with Crippen LogP contribution in [0.5, 0.6) is 5.75 Å². The Bertz CT molecular complexity index is 2050. The van der Waals surface area contributed by atoms with Gasteiger partial charge in [-0.3, -0.25) is 19.1 Å². The van der Waals surface area contributed by atoms with E-state index in [1.807, 2.05) is 57.2 Å². The van der Waals surface area contributed by atoms with Crippen LogP contribution in [0.4, 0.5) is 0 Å². The second kappa shape index (κ2) is 19.8. The van der Waals surface area contributed by atoms with Crippen molar-refractivity contribution in [3.63, 3.8) is 0 Å². The lowest BCUT2D eigenvalue weighted by Crippen LogP contribution is -2.53. The summed E-state index contributed by atoms with van der Waals surface area (Å²) < 4.78 is 30.5. The van der Waals surface area contributed by atoms with E-state index in [1.165, 1.54) is 19.3 Å². The molecule has 0 aliphatic heterocycles. The third kappa shape index (κ3) is 13.6. The van der Waals surface area contributed by atoms with Crippen molar-refractivity contribution in [3.05, 3.63) is 102 Å². The van der Waals surface area contributed by atoms with E-state index < -0.39 is 52.2 Å². The van der Waals surface area contributed by atoms with E-state index in [1.54, 1.807) is 53.5 Å². The summed E-state index contributed by atoms with van der Waals surface area (Å²) >= 11 is 0. The van der Waals surface area contributed by atoms with E-state index in [2.05, 4.69) is 27.5 Å². The van der Waals surface area contributed by atoms with Gasteiger partial charge >= 0.3 is 5.97 Å². The minimum Gasteiger partial charge on any atom is -0.494 e. The lowest BCUT2D eigenvalue weighted by atomic mass is 9.86. The molecule has 13 nitrogen and oxygen atoms in total. The average molecular weight is 786 g/mol. The topological polar surface area (TPSA) is 194 Å². The van der Waals surface area contributed by atoms with Crippen LogP contribution in [0, 0.1) is 0 Å². The maximum atomic E-state index is 13.6. The molecule has 0 saturated carbocycles. The van der Waals surface area contributed by atoms with Crippen molar-refractivity contribution in [1.82, 2.24) is 25.3 Å². The first-order chi connectivity index (χ1) is 26.5. The normalized spacial score (nSPS) is 12.6. The van der Waals surface area contributed by atoms with Crippen LogP contribution in [-0.2, 0) is 36.2 Å². The molecule has 4 rings (SSSR count). The predicted molar refractivity (Wildman–Crippen MR) is 214 cm³/mol. The summed E-state index contributed by atoms with van der Waals surface area (Å²) in [5.74, 6) is -2.84. The molecule has 1 aromatic heterocycles. The van der Waals surface area contributed by atoms with Gasteiger partial charge < -0.3 is 20.5 Å². The van der Waals surface area contributed by atoms with Gasteiger partial charge in [0.15, 0.2) is 5.82 Å². The number of carboxylic acid groups (broad SMARTS) is 1. The second-order valence-electron chi connectivity index (χ2n) is 14.7. The number of carboxylic acids is 1. The number of rotatable bonds is 19. The van der Waals surface area contributed by atoms with Crippen LogP contribution < -0.4 is 20.1 Å². The van der Waals surface area contributed by atoms with E-state index in [4.69, 9.17) is 4.74 Å². The van der Waals surface area contributed by atoms with Gasteiger partial charge in [-0.05, 0) is 52.8 Å². The summed E-state index contributed by atoms with van der Waals surface area (Å²) in [6, 6.07) is 18.7. The number of carbonyl (C=O) groups excluding carboxylic acids is 3. The first-order valence-electron chi connectivity index (χ1n) is 18.6. The summed E-state index contributed by atoms with van der Waals surface area (Å²) in [5.41, 5.74) is 4.24. The second-order valence-corrected chi connectivity index (χ2v) is 16.5. The van der Waals surface area contributed by atoms with Gasteiger partial charge in [0.25, 0.3) is 5.91 Å². The number of unbranched alkanes of at least 4 members (excludes halogenated alkanes) is 4. The van der Waals surface area contributed by atoms with E-state index in [0.717, 1.165) is 41.5 Å². The molecule has 14 heteroatoms. The lowest BCUT2D eigenvalue weighted by molar-refractivity contribution is -0.143. The highest BCUT2D eigenvalue weighted by Crippen LogP contribution is 2.25. The molecule has 1 heterocycles. The van der Waals surface area contributed by atoms with Crippen LogP contribution in [0.1, 0.15) is 87.7 Å². The van der Waals surface area contributed by atoms with Crippen molar-refractivity contribution >= 4 is 33.7 Å². The molecule has 0 radical (unpaired) electrons. The Morgan fingerprint density at radius 3 is 1.95 bits per heavy atom. The van der Waals surface area contributed by atoms with Crippen molar-refractivity contribution < 1.29 is 37.4 Å². The summed E-state index contributed by atoms with van der Waals surface area (Å²) in [7, 11) is -3.96. The molecular weight excluding hydrogens is 735 g/mol. The SMILES string of the molecule is CCCCCCCOc1ccc(-c2cnc(-c3ccc(C[C@H](NC(=O)c4ccc(C(C)(C)C)cc4)C(=O)N[C@@H](CC(=O)NS(C)(=O)=O)C(=O)O)cc3)nc2)cc1. The van der Waals surface area contributed by atoms with Gasteiger partial charge in [-0.15, -0.1) is 0 Å². The van der Waals surface area contributed by atoms with Gasteiger partial charge in [0.05, 0.1) is 19.3 Å². The van der Waals surface area contributed by atoms with Gasteiger partial charge in [-0.1, -0.05) is 102 Å². The standard InChI is InChI=1S/C42H51N5O8S/c1-6-7-8-9-10-23-55-34-21-17-29(18-22-34)32-26-43-38(44-27-32)30-13-11-28(12-14-30)24-35(45-39(49)31-15-19-33(20-16-31)42(2,3)4)40(50)46-36(41(51)52)25-37(48)47-56(5,53)54/h11-22,26-27,35-36H,6-10,23-25H2,1-5H3,(H,45,49)(H,46,50)(H,47,48)(H,51,52)/t35-,36-/m0/s1. The van der Waals surface area contributed by atoms with Crippen molar-refractivity contribution in [2.75, 3.05) is 12.9 Å². The molecule has 4 aromatic rings. The molecule has 0 saturated heterocycles. The molecule has 4 N–H and O–H groups in total. The van der Waals surface area contributed by atoms with E-state index in [0.29, 0.717) is 23.6 Å². The van der Waals surface area contributed by atoms with Crippen LogP contribution in [0.3, 0.4) is 0 Å². The molecule has 0 unspecified atom stereocenters. The zero-order valence-electron chi connectivity index (χ0n) is 32.5. The predicted octanol–water partition coefficient (Wildman–Crippen LogP) is 5.83. The molecule has 3 amide bonds. The van der Waals surface area contributed by atoms with E-state index in [-0.39, 0.29) is 17.4 Å². The van der Waals surface area contributed by atoms with E-state index in [9.17, 15) is 32.7 Å². The Morgan fingerprint density at radius 2 is 1.38 bits per heavy atom. The Morgan fingerprint density at radius 1 is 0.768 bits per heavy atom. The van der Waals surface area contributed by atoms with Gasteiger partial charge in [0, 0.05) is 35.5 Å².